The van der Waals surface area contributed by atoms with Crippen LogP contribution in [0, 0.1) is 0 Å². The topological polar surface area (TPSA) is 223 Å². The van der Waals surface area contributed by atoms with Crippen LogP contribution in [0.1, 0.15) is 49.4 Å². The lowest BCUT2D eigenvalue weighted by atomic mass is 9.91. The van der Waals surface area contributed by atoms with Crippen LogP contribution in [0.3, 0.4) is 0 Å². The van der Waals surface area contributed by atoms with E-state index in [1.807, 2.05) is 24.3 Å². The first-order chi connectivity index (χ1) is 27.6. The van der Waals surface area contributed by atoms with Gasteiger partial charge in [-0.15, -0.1) is 0 Å². The summed E-state index contributed by atoms with van der Waals surface area (Å²) in [4.78, 5) is 40.1. The van der Waals surface area contributed by atoms with Crippen LogP contribution in [0.5, 0.6) is 0 Å². The lowest BCUT2D eigenvalue weighted by Gasteiger charge is -2.39. The summed E-state index contributed by atoms with van der Waals surface area (Å²) < 4.78 is 30.3. The van der Waals surface area contributed by atoms with Gasteiger partial charge in [0.15, 0.2) is 12.1 Å². The zero-order chi connectivity index (χ0) is 40.1. The molecule has 2 saturated heterocycles. The van der Waals surface area contributed by atoms with Crippen LogP contribution >= 0.6 is 0 Å². The number of hydrogen-bond acceptors (Lipinski definition) is 13. The van der Waals surface area contributed by atoms with Crippen molar-refractivity contribution in [1.82, 2.24) is 10.6 Å². The number of esters is 1. The van der Waals surface area contributed by atoms with Gasteiger partial charge in [0.05, 0.1) is 25.4 Å². The molecule has 2 fully saturated rings. The minimum absolute atomic E-state index is 0.0413. The second-order valence-electron chi connectivity index (χ2n) is 14.4. The molecule has 15 heteroatoms. The maximum Gasteiger partial charge on any atom is 0.339 e. The molecule has 4 aliphatic rings. The zero-order valence-electron chi connectivity index (χ0n) is 30.9. The molecule has 2 aliphatic carbocycles. The molecule has 7 N–H and O–H groups in total. The average molecular weight is 787 g/mol. The summed E-state index contributed by atoms with van der Waals surface area (Å²) in [7, 11) is 0. The predicted molar refractivity (Wildman–Crippen MR) is 201 cm³/mol. The van der Waals surface area contributed by atoms with Gasteiger partial charge < -0.3 is 59.9 Å². The monoisotopic (exact) mass is 786 g/mol. The Kier molecular flexibility index (Phi) is 12.6. The van der Waals surface area contributed by atoms with E-state index in [0.29, 0.717) is 35.1 Å². The van der Waals surface area contributed by atoms with Gasteiger partial charge in [-0.25, -0.2) is 4.79 Å². The Morgan fingerprint density at radius 3 is 2.37 bits per heavy atom. The number of ether oxygens (including phenoxy) is 5. The van der Waals surface area contributed by atoms with Crippen molar-refractivity contribution in [3.63, 3.8) is 0 Å². The van der Waals surface area contributed by atoms with Gasteiger partial charge in [-0.2, -0.15) is 0 Å². The molecule has 0 aromatic heterocycles. The molecule has 0 unspecified atom stereocenters. The summed E-state index contributed by atoms with van der Waals surface area (Å²) in [5.41, 5.74) is 4.31. The fourth-order valence-electron chi connectivity index (χ4n) is 7.61. The van der Waals surface area contributed by atoms with E-state index in [-0.39, 0.29) is 44.2 Å². The Hall–Kier alpha value is -4.81. The van der Waals surface area contributed by atoms with E-state index < -0.39 is 73.3 Å². The van der Waals surface area contributed by atoms with Crippen molar-refractivity contribution in [2.75, 3.05) is 26.4 Å². The number of aliphatic hydroxyl groups is 5. The number of fused-ring (bicyclic) bond motifs is 2. The van der Waals surface area contributed by atoms with Crippen molar-refractivity contribution in [3.05, 3.63) is 124 Å². The maximum absolute atomic E-state index is 13.9. The fourth-order valence-corrected chi connectivity index (χ4v) is 7.61. The zero-order valence-corrected chi connectivity index (χ0v) is 30.9. The molecule has 0 bridgehead atoms. The number of amides is 2. The fraction of sp³-hybridized carbons (Fsp3) is 0.405. The third-order valence-corrected chi connectivity index (χ3v) is 10.5. The molecule has 3 aromatic rings. The van der Waals surface area contributed by atoms with Crippen LogP contribution in [0.2, 0.25) is 0 Å². The minimum Gasteiger partial charge on any atom is -0.456 e. The van der Waals surface area contributed by atoms with E-state index in [4.69, 9.17) is 28.8 Å². The van der Waals surface area contributed by atoms with E-state index in [2.05, 4.69) is 10.6 Å². The first kappa shape index (κ1) is 40.4. The van der Waals surface area contributed by atoms with E-state index in [1.54, 1.807) is 66.8 Å². The van der Waals surface area contributed by atoms with Crippen LogP contribution in [0.15, 0.2) is 90.5 Å². The number of aliphatic hydroxyl groups excluding tert-OH is 5. The number of benzene rings is 3. The Bertz CT molecular complexity index is 1970. The average Bonchev–Trinajstić information content (AvgIpc) is 3.78. The summed E-state index contributed by atoms with van der Waals surface area (Å²) in [6, 6.07) is 21.5. The number of hydrogen-bond donors (Lipinski definition) is 7. The quantitative estimate of drug-likeness (QED) is 0.119. The van der Waals surface area contributed by atoms with Crippen molar-refractivity contribution in [3.8, 4) is 0 Å². The molecule has 2 aliphatic heterocycles. The molecule has 7 rings (SSSR count). The molecule has 0 saturated carbocycles. The Morgan fingerprint density at radius 1 is 0.860 bits per heavy atom. The summed E-state index contributed by atoms with van der Waals surface area (Å²) in [5, 5.41) is 54.4. The Labute approximate surface area is 328 Å². The van der Waals surface area contributed by atoms with E-state index in [1.165, 1.54) is 0 Å². The highest BCUT2D eigenvalue weighted by atomic mass is 16.8. The van der Waals surface area contributed by atoms with Crippen molar-refractivity contribution in [2.24, 2.45) is 0 Å². The third-order valence-electron chi connectivity index (χ3n) is 10.5. The smallest absolute Gasteiger partial charge is 0.339 e. The van der Waals surface area contributed by atoms with Crippen LogP contribution in [-0.2, 0) is 47.9 Å². The van der Waals surface area contributed by atoms with E-state index >= 15 is 0 Å². The SMILES string of the molecule is O=C(NCc1cccc(C(=O)NCCO)c1)C1=C[C@H]2OC3(Cc4ccccc4C3)O[C@H]2[C@H](OC(=O)c2ccccc2C=CCO[C@H]2O[C@H](CO)[C@H](O)[C@H](O)[C@H]2O)C1. The maximum atomic E-state index is 13.9. The van der Waals surface area contributed by atoms with Crippen molar-refractivity contribution in [2.45, 2.75) is 80.6 Å². The molecular weight excluding hydrogens is 740 g/mol. The van der Waals surface area contributed by atoms with E-state index in [9.17, 15) is 34.8 Å². The lowest BCUT2D eigenvalue weighted by Crippen LogP contribution is -2.59. The van der Waals surface area contributed by atoms with Gasteiger partial charge in [-0.1, -0.05) is 66.7 Å². The number of carbonyl (C=O) groups is 3. The van der Waals surface area contributed by atoms with Crippen LogP contribution in [-0.4, -0.2) is 124 Å². The summed E-state index contributed by atoms with van der Waals surface area (Å²) in [6.45, 7) is -0.652. The van der Waals surface area contributed by atoms with Gasteiger partial charge in [0.1, 0.15) is 42.7 Å². The molecule has 3 aromatic carbocycles. The molecule has 2 amide bonds. The van der Waals surface area contributed by atoms with Gasteiger partial charge in [-0.3, -0.25) is 9.59 Å². The van der Waals surface area contributed by atoms with Crippen LogP contribution in [0.25, 0.3) is 6.08 Å². The summed E-state index contributed by atoms with van der Waals surface area (Å²) in [6.07, 6.45) is -3.43. The van der Waals surface area contributed by atoms with Gasteiger partial charge in [-0.05, 0) is 46.5 Å². The predicted octanol–water partition coefficient (Wildman–Crippen LogP) is 0.689. The second-order valence-corrected chi connectivity index (χ2v) is 14.4. The third kappa shape index (κ3) is 9.02. The molecule has 2 heterocycles. The summed E-state index contributed by atoms with van der Waals surface area (Å²) >= 11 is 0. The second kappa shape index (κ2) is 17.8. The lowest BCUT2D eigenvalue weighted by molar-refractivity contribution is -0.298. The number of carbonyl (C=O) groups excluding carboxylic acids is 3. The first-order valence-electron chi connectivity index (χ1n) is 18.9. The molecular formula is C42H46N2O13. The van der Waals surface area contributed by atoms with Gasteiger partial charge >= 0.3 is 5.97 Å². The standard InChI is InChI=1S/C42H46N2O13/c45-15-14-43-38(50)26-11-5-7-24(17-26)22-44-39(51)29-18-31(37-32(19-29)56-42(57-37)20-27-9-1-2-10-28(27)21-42)54-40(52)30-13-4-3-8-25(30)12-6-16-53-41-36(49)35(48)34(47)33(23-46)55-41/h1-13,17,19,31-37,41,45-49H,14-16,18,20-23H2,(H,43,50)(H,44,51)/t31-,32-,33-,34+,35+,36-,37+,41+/m1/s1. The molecule has 0 radical (unpaired) electrons. The van der Waals surface area contributed by atoms with Crippen molar-refractivity contribution < 1.29 is 63.6 Å². The molecule has 57 heavy (non-hydrogen) atoms. The van der Waals surface area contributed by atoms with Gasteiger partial charge in [0.25, 0.3) is 5.91 Å². The Balaban J connectivity index is 1.05. The summed E-state index contributed by atoms with van der Waals surface area (Å²) in [5.74, 6) is -2.40. The van der Waals surface area contributed by atoms with Crippen LogP contribution in [0.4, 0.5) is 0 Å². The van der Waals surface area contributed by atoms with Crippen LogP contribution < -0.4 is 10.6 Å². The van der Waals surface area contributed by atoms with E-state index in [0.717, 1.165) is 11.1 Å². The molecule has 15 nitrogen and oxygen atoms in total. The normalized spacial score (nSPS) is 27.4. The minimum atomic E-state index is -1.58. The largest absolute Gasteiger partial charge is 0.456 e. The molecule has 8 atom stereocenters. The highest BCUT2D eigenvalue weighted by Crippen LogP contribution is 2.45. The molecule has 302 valence electrons. The highest BCUT2D eigenvalue weighted by molar-refractivity contribution is 5.96. The van der Waals surface area contributed by atoms with Gasteiger partial charge in [0, 0.05) is 43.5 Å². The van der Waals surface area contributed by atoms with Crippen molar-refractivity contribution >= 4 is 23.9 Å². The highest BCUT2D eigenvalue weighted by Gasteiger charge is 2.55. The number of rotatable bonds is 13. The van der Waals surface area contributed by atoms with Crippen molar-refractivity contribution in [1.29, 1.82) is 0 Å². The first-order valence-corrected chi connectivity index (χ1v) is 18.9. The Morgan fingerprint density at radius 2 is 1.61 bits per heavy atom. The molecule has 1 spiro atoms. The number of nitrogens with one attached hydrogen (secondary N) is 2. The van der Waals surface area contributed by atoms with Gasteiger partial charge in [0.2, 0.25) is 5.91 Å².